The fourth-order valence-electron chi connectivity index (χ4n) is 3.54. The SMILES string of the molecule is CN(C)CCCNCc1ccc(-c2cc3n[nH]c(=O)n3c3ccccc23)cc1. The highest BCUT2D eigenvalue weighted by molar-refractivity contribution is 5.97. The second-order valence-electron chi connectivity index (χ2n) is 7.33. The van der Waals surface area contributed by atoms with Crippen LogP contribution in [0.4, 0.5) is 0 Å². The van der Waals surface area contributed by atoms with Crippen molar-refractivity contribution < 1.29 is 0 Å². The Morgan fingerprint density at radius 2 is 1.89 bits per heavy atom. The van der Waals surface area contributed by atoms with Crippen LogP contribution in [0, 0.1) is 0 Å². The van der Waals surface area contributed by atoms with Gasteiger partial charge in [-0.2, -0.15) is 5.10 Å². The summed E-state index contributed by atoms with van der Waals surface area (Å²) in [5.74, 6) is 0. The molecule has 0 radical (unpaired) electrons. The number of aromatic nitrogens is 3. The Kier molecular flexibility index (Phi) is 5.23. The van der Waals surface area contributed by atoms with Gasteiger partial charge in [0, 0.05) is 11.9 Å². The predicted molar refractivity (Wildman–Crippen MR) is 114 cm³/mol. The maximum Gasteiger partial charge on any atom is 0.348 e. The molecule has 4 aromatic rings. The van der Waals surface area contributed by atoms with E-state index in [1.807, 2.05) is 30.3 Å². The molecule has 0 spiro atoms. The first-order valence-electron chi connectivity index (χ1n) is 9.57. The summed E-state index contributed by atoms with van der Waals surface area (Å²) >= 11 is 0. The third-order valence-corrected chi connectivity index (χ3v) is 4.96. The number of rotatable bonds is 7. The van der Waals surface area contributed by atoms with Gasteiger partial charge in [0.2, 0.25) is 0 Å². The molecule has 6 nitrogen and oxygen atoms in total. The zero-order valence-corrected chi connectivity index (χ0v) is 16.3. The number of nitrogens with one attached hydrogen (secondary N) is 2. The minimum Gasteiger partial charge on any atom is -0.313 e. The minimum absolute atomic E-state index is 0.214. The maximum absolute atomic E-state index is 12.1. The van der Waals surface area contributed by atoms with Crippen molar-refractivity contribution in [3.63, 3.8) is 0 Å². The van der Waals surface area contributed by atoms with E-state index in [4.69, 9.17) is 0 Å². The van der Waals surface area contributed by atoms with Gasteiger partial charge < -0.3 is 10.2 Å². The van der Waals surface area contributed by atoms with Crippen molar-refractivity contribution in [2.45, 2.75) is 13.0 Å². The van der Waals surface area contributed by atoms with Crippen LogP contribution >= 0.6 is 0 Å². The molecule has 2 heterocycles. The van der Waals surface area contributed by atoms with E-state index in [1.54, 1.807) is 4.40 Å². The first kappa shape index (κ1) is 18.4. The molecule has 0 saturated carbocycles. The molecule has 0 bridgehead atoms. The van der Waals surface area contributed by atoms with Gasteiger partial charge >= 0.3 is 5.69 Å². The number of aromatic amines is 1. The summed E-state index contributed by atoms with van der Waals surface area (Å²) in [6.07, 6.45) is 1.14. The van der Waals surface area contributed by atoms with E-state index in [0.29, 0.717) is 5.65 Å². The van der Waals surface area contributed by atoms with Crippen molar-refractivity contribution in [2.24, 2.45) is 0 Å². The molecular formula is C22H25N5O. The molecule has 0 unspecified atom stereocenters. The van der Waals surface area contributed by atoms with Gasteiger partial charge in [0.25, 0.3) is 0 Å². The van der Waals surface area contributed by atoms with Gasteiger partial charge in [-0.3, -0.25) is 0 Å². The number of pyridine rings is 1. The lowest BCUT2D eigenvalue weighted by atomic mass is 10.00. The van der Waals surface area contributed by atoms with Gasteiger partial charge in [-0.1, -0.05) is 42.5 Å². The standard InChI is InChI=1S/C22H25N5O/c1-26(2)13-5-12-23-15-16-8-10-17(11-9-16)19-14-21-24-25-22(28)27(21)20-7-4-3-6-18(19)20/h3-4,6-11,14,23H,5,12-13,15H2,1-2H3,(H,25,28). The molecular weight excluding hydrogens is 350 g/mol. The summed E-state index contributed by atoms with van der Waals surface area (Å²) in [5.41, 5.74) is 4.73. The molecule has 0 aliphatic rings. The van der Waals surface area contributed by atoms with Crippen molar-refractivity contribution in [3.05, 3.63) is 70.6 Å². The first-order valence-corrected chi connectivity index (χ1v) is 9.57. The molecule has 2 aromatic carbocycles. The van der Waals surface area contributed by atoms with E-state index < -0.39 is 0 Å². The zero-order valence-electron chi connectivity index (χ0n) is 16.3. The molecule has 0 fully saturated rings. The average molecular weight is 375 g/mol. The molecule has 2 N–H and O–H groups in total. The summed E-state index contributed by atoms with van der Waals surface area (Å²) in [7, 11) is 4.19. The van der Waals surface area contributed by atoms with E-state index in [-0.39, 0.29) is 5.69 Å². The van der Waals surface area contributed by atoms with Crippen molar-refractivity contribution in [3.8, 4) is 11.1 Å². The highest BCUT2D eigenvalue weighted by atomic mass is 16.1. The molecule has 2 aromatic heterocycles. The fourth-order valence-corrected chi connectivity index (χ4v) is 3.54. The van der Waals surface area contributed by atoms with E-state index in [2.05, 4.69) is 58.8 Å². The van der Waals surface area contributed by atoms with Crippen LogP contribution in [0.1, 0.15) is 12.0 Å². The average Bonchev–Trinajstić information content (AvgIpc) is 3.08. The Labute approximate surface area is 163 Å². The molecule has 4 rings (SSSR count). The number of benzene rings is 2. The Balaban J connectivity index is 1.59. The van der Waals surface area contributed by atoms with E-state index >= 15 is 0 Å². The third kappa shape index (κ3) is 3.69. The molecule has 144 valence electrons. The first-order chi connectivity index (χ1) is 13.6. The van der Waals surface area contributed by atoms with Crippen LogP contribution in [-0.2, 0) is 6.54 Å². The Morgan fingerprint density at radius 1 is 1.11 bits per heavy atom. The monoisotopic (exact) mass is 375 g/mol. The quantitative estimate of drug-likeness (QED) is 0.488. The highest BCUT2D eigenvalue weighted by Crippen LogP contribution is 2.29. The van der Waals surface area contributed by atoms with Crippen LogP contribution in [0.5, 0.6) is 0 Å². The zero-order chi connectivity index (χ0) is 19.5. The summed E-state index contributed by atoms with van der Waals surface area (Å²) in [4.78, 5) is 14.3. The van der Waals surface area contributed by atoms with E-state index in [1.165, 1.54) is 5.56 Å². The highest BCUT2D eigenvalue weighted by Gasteiger charge is 2.11. The number of hydrogen-bond acceptors (Lipinski definition) is 4. The van der Waals surface area contributed by atoms with Crippen molar-refractivity contribution in [2.75, 3.05) is 27.2 Å². The number of fused-ring (bicyclic) bond motifs is 3. The van der Waals surface area contributed by atoms with Crippen molar-refractivity contribution >= 4 is 16.6 Å². The summed E-state index contributed by atoms with van der Waals surface area (Å²) < 4.78 is 1.62. The fraction of sp³-hybridized carbons (Fsp3) is 0.273. The topological polar surface area (TPSA) is 65.4 Å². The lowest BCUT2D eigenvalue weighted by Crippen LogP contribution is -2.20. The second-order valence-corrected chi connectivity index (χ2v) is 7.33. The molecule has 0 saturated heterocycles. The molecule has 0 atom stereocenters. The Bertz CT molecular complexity index is 1140. The van der Waals surface area contributed by atoms with Gasteiger partial charge in [-0.05, 0) is 62.4 Å². The van der Waals surface area contributed by atoms with Crippen LogP contribution in [0.2, 0.25) is 0 Å². The van der Waals surface area contributed by atoms with Gasteiger partial charge in [0.1, 0.15) is 0 Å². The van der Waals surface area contributed by atoms with Gasteiger partial charge in [0.05, 0.1) is 5.52 Å². The molecule has 6 heteroatoms. The van der Waals surface area contributed by atoms with Gasteiger partial charge in [-0.15, -0.1) is 0 Å². The van der Waals surface area contributed by atoms with Gasteiger partial charge in [0.15, 0.2) is 5.65 Å². The van der Waals surface area contributed by atoms with E-state index in [0.717, 1.165) is 48.1 Å². The van der Waals surface area contributed by atoms with E-state index in [9.17, 15) is 4.79 Å². The smallest absolute Gasteiger partial charge is 0.313 e. The lowest BCUT2D eigenvalue weighted by Gasteiger charge is -2.11. The number of para-hydroxylation sites is 1. The normalized spacial score (nSPS) is 11.7. The third-order valence-electron chi connectivity index (χ3n) is 4.96. The Morgan fingerprint density at radius 3 is 2.68 bits per heavy atom. The second kappa shape index (κ2) is 7.96. The van der Waals surface area contributed by atoms with Crippen molar-refractivity contribution in [1.29, 1.82) is 0 Å². The summed E-state index contributed by atoms with van der Waals surface area (Å²) in [5, 5.41) is 11.2. The van der Waals surface area contributed by atoms with Crippen LogP contribution in [0.3, 0.4) is 0 Å². The Hall–Kier alpha value is -2.96. The number of hydrogen-bond donors (Lipinski definition) is 2. The maximum atomic E-state index is 12.1. The van der Waals surface area contributed by atoms with Crippen LogP contribution in [0.15, 0.2) is 59.4 Å². The molecule has 0 aliphatic carbocycles. The van der Waals surface area contributed by atoms with Crippen LogP contribution < -0.4 is 11.0 Å². The van der Waals surface area contributed by atoms with Crippen LogP contribution in [-0.4, -0.2) is 46.7 Å². The lowest BCUT2D eigenvalue weighted by molar-refractivity contribution is 0.394. The molecule has 0 amide bonds. The largest absolute Gasteiger partial charge is 0.348 e. The summed E-state index contributed by atoms with van der Waals surface area (Å²) in [6, 6.07) is 18.5. The molecule has 28 heavy (non-hydrogen) atoms. The molecule has 0 aliphatic heterocycles. The summed E-state index contributed by atoms with van der Waals surface area (Å²) in [6.45, 7) is 2.97. The van der Waals surface area contributed by atoms with Crippen LogP contribution in [0.25, 0.3) is 27.7 Å². The van der Waals surface area contributed by atoms with Crippen molar-refractivity contribution in [1.82, 2.24) is 24.8 Å². The number of H-pyrrole nitrogens is 1. The predicted octanol–water partition coefficient (Wildman–Crippen LogP) is 2.88. The van der Waals surface area contributed by atoms with Gasteiger partial charge in [-0.25, -0.2) is 14.3 Å². The number of nitrogens with zero attached hydrogens (tertiary/aromatic N) is 3. The minimum atomic E-state index is -0.214.